The summed E-state index contributed by atoms with van der Waals surface area (Å²) in [6, 6.07) is 7.33. The summed E-state index contributed by atoms with van der Waals surface area (Å²) in [5, 5.41) is 10.4. The van der Waals surface area contributed by atoms with E-state index < -0.39 is 11.9 Å². The van der Waals surface area contributed by atoms with Gasteiger partial charge in [-0.3, -0.25) is 9.59 Å². The minimum atomic E-state index is -0.846. The second-order valence-electron chi connectivity index (χ2n) is 5.52. The maximum Gasteiger partial charge on any atom is 0.308 e. The van der Waals surface area contributed by atoms with Crippen molar-refractivity contribution in [2.45, 2.75) is 13.3 Å². The van der Waals surface area contributed by atoms with Gasteiger partial charge < -0.3 is 10.0 Å². The van der Waals surface area contributed by atoms with Gasteiger partial charge in [0.1, 0.15) is 9.88 Å². The van der Waals surface area contributed by atoms with E-state index in [1.807, 2.05) is 18.2 Å². The maximum atomic E-state index is 12.6. The molecule has 7 heteroatoms. The lowest BCUT2D eigenvalue weighted by atomic mass is 10.1. The molecule has 0 saturated carbocycles. The van der Waals surface area contributed by atoms with Gasteiger partial charge in [-0.1, -0.05) is 23.7 Å². The fourth-order valence-electron chi connectivity index (χ4n) is 2.63. The number of carbonyl (C=O) groups is 2. The van der Waals surface area contributed by atoms with Crippen LogP contribution in [0.25, 0.3) is 10.6 Å². The highest BCUT2D eigenvalue weighted by Gasteiger charge is 2.32. The number of amides is 1. The van der Waals surface area contributed by atoms with E-state index in [1.54, 1.807) is 17.9 Å². The average Bonchev–Trinajstić information content (AvgIpc) is 3.13. The van der Waals surface area contributed by atoms with Gasteiger partial charge in [0.2, 0.25) is 0 Å². The van der Waals surface area contributed by atoms with Crippen molar-refractivity contribution in [2.24, 2.45) is 5.92 Å². The number of carboxylic acid groups (broad SMARTS) is 1. The molecule has 23 heavy (non-hydrogen) atoms. The van der Waals surface area contributed by atoms with E-state index in [0.717, 1.165) is 10.6 Å². The number of likely N-dealkylation sites (tertiary alicyclic amines) is 1. The van der Waals surface area contributed by atoms with Crippen LogP contribution in [0.2, 0.25) is 5.02 Å². The van der Waals surface area contributed by atoms with E-state index in [2.05, 4.69) is 4.98 Å². The molecule has 0 aliphatic carbocycles. The highest BCUT2D eigenvalue weighted by Crippen LogP contribution is 2.31. The summed E-state index contributed by atoms with van der Waals surface area (Å²) in [4.78, 5) is 30.3. The van der Waals surface area contributed by atoms with E-state index in [0.29, 0.717) is 28.6 Å². The third kappa shape index (κ3) is 3.23. The van der Waals surface area contributed by atoms with Gasteiger partial charge in [-0.25, -0.2) is 4.98 Å². The Morgan fingerprint density at radius 3 is 2.87 bits per heavy atom. The predicted octanol–water partition coefficient (Wildman–Crippen LogP) is 3.32. The quantitative estimate of drug-likeness (QED) is 0.921. The molecule has 0 bridgehead atoms. The van der Waals surface area contributed by atoms with Crippen molar-refractivity contribution in [1.29, 1.82) is 0 Å². The number of carbonyl (C=O) groups excluding carboxylic acids is 1. The van der Waals surface area contributed by atoms with E-state index >= 15 is 0 Å². The summed E-state index contributed by atoms with van der Waals surface area (Å²) in [6.45, 7) is 2.53. The highest BCUT2D eigenvalue weighted by atomic mass is 35.5. The summed E-state index contributed by atoms with van der Waals surface area (Å²) in [6.07, 6.45) is 0.500. The van der Waals surface area contributed by atoms with Crippen molar-refractivity contribution in [3.63, 3.8) is 0 Å². The van der Waals surface area contributed by atoms with Gasteiger partial charge in [-0.05, 0) is 25.5 Å². The normalized spacial score (nSPS) is 17.5. The fourth-order valence-corrected chi connectivity index (χ4v) is 3.85. The van der Waals surface area contributed by atoms with Gasteiger partial charge in [-0.15, -0.1) is 11.3 Å². The first kappa shape index (κ1) is 16.0. The minimum absolute atomic E-state index is 0.142. The van der Waals surface area contributed by atoms with E-state index in [9.17, 15) is 9.59 Å². The average molecular weight is 351 g/mol. The Morgan fingerprint density at radius 1 is 1.43 bits per heavy atom. The van der Waals surface area contributed by atoms with Crippen LogP contribution in [0.1, 0.15) is 21.8 Å². The van der Waals surface area contributed by atoms with E-state index in [4.69, 9.17) is 16.7 Å². The Labute approximate surface area is 142 Å². The Hall–Kier alpha value is -1.92. The molecule has 2 heterocycles. The first-order chi connectivity index (χ1) is 11.0. The number of nitrogens with zero attached hydrogens (tertiary/aromatic N) is 2. The van der Waals surface area contributed by atoms with Gasteiger partial charge >= 0.3 is 5.97 Å². The van der Waals surface area contributed by atoms with Crippen molar-refractivity contribution in [2.75, 3.05) is 13.1 Å². The monoisotopic (exact) mass is 350 g/mol. The molecule has 1 aliphatic rings. The summed E-state index contributed by atoms with van der Waals surface area (Å²) in [5.41, 5.74) is 1.53. The number of rotatable bonds is 3. The molecule has 1 aromatic heterocycles. The SMILES string of the molecule is Cc1nc(-c2cccc(Cl)c2)sc1C(=O)N1CC[C@H](C(=O)O)C1. The lowest BCUT2D eigenvalue weighted by Gasteiger charge is -2.14. The first-order valence-electron chi connectivity index (χ1n) is 7.21. The maximum absolute atomic E-state index is 12.6. The lowest BCUT2D eigenvalue weighted by molar-refractivity contribution is -0.141. The second-order valence-corrected chi connectivity index (χ2v) is 6.95. The smallest absolute Gasteiger partial charge is 0.308 e. The molecule has 1 N–H and O–H groups in total. The number of thiazole rings is 1. The van der Waals surface area contributed by atoms with Crippen LogP contribution in [0.4, 0.5) is 0 Å². The van der Waals surface area contributed by atoms with Gasteiger partial charge in [0.05, 0.1) is 11.6 Å². The number of hydrogen-bond donors (Lipinski definition) is 1. The van der Waals surface area contributed by atoms with Gasteiger partial charge in [0, 0.05) is 23.7 Å². The van der Waals surface area contributed by atoms with Crippen LogP contribution in [0, 0.1) is 12.8 Å². The van der Waals surface area contributed by atoms with Gasteiger partial charge in [0.15, 0.2) is 0 Å². The molecule has 1 atom stereocenters. The van der Waals surface area contributed by atoms with Crippen LogP contribution in [-0.2, 0) is 4.79 Å². The molecule has 5 nitrogen and oxygen atoms in total. The Kier molecular flexibility index (Phi) is 4.37. The highest BCUT2D eigenvalue weighted by molar-refractivity contribution is 7.17. The van der Waals surface area contributed by atoms with Crippen LogP contribution in [-0.4, -0.2) is 40.0 Å². The van der Waals surface area contributed by atoms with Crippen LogP contribution < -0.4 is 0 Å². The molecular formula is C16H15ClN2O3S. The van der Waals surface area contributed by atoms with E-state index in [1.165, 1.54) is 11.3 Å². The zero-order valence-electron chi connectivity index (χ0n) is 12.5. The Morgan fingerprint density at radius 2 is 2.22 bits per heavy atom. The minimum Gasteiger partial charge on any atom is -0.481 e. The number of hydrogen-bond acceptors (Lipinski definition) is 4. The molecular weight excluding hydrogens is 336 g/mol. The Bertz CT molecular complexity index is 774. The first-order valence-corrected chi connectivity index (χ1v) is 8.40. The van der Waals surface area contributed by atoms with Crippen LogP contribution in [0.3, 0.4) is 0 Å². The molecule has 0 radical (unpaired) electrons. The summed E-state index contributed by atoms with van der Waals surface area (Å²) < 4.78 is 0. The number of carboxylic acids is 1. The number of halogens is 1. The summed E-state index contributed by atoms with van der Waals surface area (Å²) in [5.74, 6) is -1.46. The molecule has 1 aliphatic heterocycles. The molecule has 1 fully saturated rings. The summed E-state index contributed by atoms with van der Waals surface area (Å²) in [7, 11) is 0. The largest absolute Gasteiger partial charge is 0.481 e. The number of aliphatic carboxylic acids is 1. The van der Waals surface area contributed by atoms with Crippen molar-refractivity contribution in [3.05, 3.63) is 39.9 Å². The fraction of sp³-hybridized carbons (Fsp3) is 0.312. The van der Waals surface area contributed by atoms with Gasteiger partial charge in [-0.2, -0.15) is 0 Å². The molecule has 0 spiro atoms. The second kappa shape index (κ2) is 6.29. The molecule has 2 aromatic rings. The van der Waals surface area contributed by atoms with Crippen LogP contribution in [0.5, 0.6) is 0 Å². The van der Waals surface area contributed by atoms with Crippen molar-refractivity contribution in [3.8, 4) is 10.6 Å². The lowest BCUT2D eigenvalue weighted by Crippen LogP contribution is -2.29. The molecule has 1 aromatic carbocycles. The molecule has 0 unspecified atom stereocenters. The number of aromatic nitrogens is 1. The zero-order chi connectivity index (χ0) is 16.6. The molecule has 3 rings (SSSR count). The van der Waals surface area contributed by atoms with Crippen molar-refractivity contribution < 1.29 is 14.7 Å². The number of benzene rings is 1. The van der Waals surface area contributed by atoms with E-state index in [-0.39, 0.29) is 12.5 Å². The third-order valence-electron chi connectivity index (χ3n) is 3.89. The summed E-state index contributed by atoms with van der Waals surface area (Å²) >= 11 is 7.32. The third-order valence-corrected chi connectivity index (χ3v) is 5.32. The molecule has 1 saturated heterocycles. The predicted molar refractivity (Wildman–Crippen MR) is 88.9 cm³/mol. The van der Waals surface area contributed by atoms with Crippen molar-refractivity contribution in [1.82, 2.24) is 9.88 Å². The zero-order valence-corrected chi connectivity index (χ0v) is 14.0. The van der Waals surface area contributed by atoms with Crippen LogP contribution >= 0.6 is 22.9 Å². The standard InChI is InChI=1S/C16H15ClN2O3S/c1-9-13(15(20)19-6-5-11(8-19)16(21)22)23-14(18-9)10-3-2-4-12(17)7-10/h2-4,7,11H,5-6,8H2,1H3,(H,21,22)/t11-/m0/s1. The topological polar surface area (TPSA) is 70.5 Å². The van der Waals surface area contributed by atoms with Crippen molar-refractivity contribution >= 4 is 34.8 Å². The van der Waals surface area contributed by atoms with Crippen LogP contribution in [0.15, 0.2) is 24.3 Å². The Balaban J connectivity index is 1.84. The molecule has 1 amide bonds. The molecule has 120 valence electrons. The van der Waals surface area contributed by atoms with Gasteiger partial charge in [0.25, 0.3) is 5.91 Å². The number of aryl methyl sites for hydroxylation is 1.